The van der Waals surface area contributed by atoms with Crippen LogP contribution in [0.5, 0.6) is 0 Å². The molecule has 0 bridgehead atoms. The van der Waals surface area contributed by atoms with Crippen LogP contribution in [-0.4, -0.2) is 41.2 Å². The number of carbonyl (C=O) groups is 1. The van der Waals surface area contributed by atoms with Gasteiger partial charge in [-0.15, -0.1) is 0 Å². The molecule has 0 fully saturated rings. The Morgan fingerprint density at radius 1 is 1.19 bits per heavy atom. The summed E-state index contributed by atoms with van der Waals surface area (Å²) in [5.41, 5.74) is 2.88. The van der Waals surface area contributed by atoms with E-state index in [1.54, 1.807) is 0 Å². The molecule has 0 spiro atoms. The Hall–Kier alpha value is -3.46. The Kier molecular flexibility index (Phi) is 7.31. The van der Waals surface area contributed by atoms with Gasteiger partial charge in [-0.25, -0.2) is 9.97 Å². The number of benzene rings is 2. The number of hydrogen-bond acceptors (Lipinski definition) is 6. The van der Waals surface area contributed by atoms with Gasteiger partial charge >= 0.3 is 6.18 Å². The predicted octanol–water partition coefficient (Wildman–Crippen LogP) is 4.81. The van der Waals surface area contributed by atoms with Crippen molar-refractivity contribution >= 4 is 17.3 Å². The summed E-state index contributed by atoms with van der Waals surface area (Å²) in [4.78, 5) is 26.2. The van der Waals surface area contributed by atoms with Gasteiger partial charge < -0.3 is 14.9 Å². The lowest BCUT2D eigenvalue weighted by Crippen LogP contribution is -2.41. The number of hydrogen-bond donors (Lipinski definition) is 1. The first-order valence-corrected chi connectivity index (χ1v) is 11.8. The van der Waals surface area contributed by atoms with Crippen LogP contribution in [0.4, 0.5) is 24.7 Å². The average Bonchev–Trinajstić information content (AvgIpc) is 2.85. The van der Waals surface area contributed by atoms with E-state index < -0.39 is 11.7 Å². The van der Waals surface area contributed by atoms with Gasteiger partial charge in [-0.3, -0.25) is 4.79 Å². The monoisotopic (exact) mass is 498 g/mol. The van der Waals surface area contributed by atoms with Crippen molar-refractivity contribution in [2.45, 2.75) is 39.4 Å². The first-order valence-electron chi connectivity index (χ1n) is 11.8. The molecule has 1 atom stereocenters. The molecule has 0 unspecified atom stereocenters. The van der Waals surface area contributed by atoms with Gasteiger partial charge in [0.1, 0.15) is 11.6 Å². The zero-order valence-electron chi connectivity index (χ0n) is 20.5. The lowest BCUT2D eigenvalue weighted by atomic mass is 9.99. The zero-order chi connectivity index (χ0) is 26.0. The highest BCUT2D eigenvalue weighted by molar-refractivity contribution is 5.97. The Morgan fingerprint density at radius 2 is 1.97 bits per heavy atom. The van der Waals surface area contributed by atoms with Crippen LogP contribution in [0.1, 0.15) is 45.4 Å². The molecule has 0 aliphatic carbocycles. The second-order valence-corrected chi connectivity index (χ2v) is 9.46. The molecule has 0 saturated carbocycles. The molecule has 1 aliphatic rings. The second-order valence-electron chi connectivity index (χ2n) is 9.46. The number of anilines is 2. The van der Waals surface area contributed by atoms with Gasteiger partial charge in [0, 0.05) is 56.1 Å². The molecule has 6 nitrogen and oxygen atoms in total. The fourth-order valence-electron chi connectivity index (χ4n) is 4.35. The summed E-state index contributed by atoms with van der Waals surface area (Å²) in [6, 6.07) is 10.2. The van der Waals surface area contributed by atoms with Crippen LogP contribution in [0.3, 0.4) is 0 Å². The SMILES string of the molecule is Cc1ccc(CC(=O)c2cccc(C(F)(F)F)c2)cc1N1Cc2cnc(C[C@H](C)CO)nc2N(C)C1. The van der Waals surface area contributed by atoms with Gasteiger partial charge in [0.15, 0.2) is 5.78 Å². The second kappa shape index (κ2) is 10.3. The smallest absolute Gasteiger partial charge is 0.396 e. The van der Waals surface area contributed by atoms with E-state index in [0.29, 0.717) is 25.5 Å². The molecule has 0 radical (unpaired) electrons. The first-order chi connectivity index (χ1) is 17.0. The van der Waals surface area contributed by atoms with E-state index in [9.17, 15) is 23.1 Å². The summed E-state index contributed by atoms with van der Waals surface area (Å²) in [7, 11) is 1.95. The zero-order valence-corrected chi connectivity index (χ0v) is 20.5. The number of Topliss-reactive ketones (excluding diaryl/α,β-unsaturated/α-hetero) is 1. The lowest BCUT2D eigenvalue weighted by Gasteiger charge is -2.37. The molecule has 1 N–H and O–H groups in total. The van der Waals surface area contributed by atoms with Gasteiger partial charge in [0.25, 0.3) is 0 Å². The largest absolute Gasteiger partial charge is 0.416 e. The van der Waals surface area contributed by atoms with Crippen LogP contribution in [0.2, 0.25) is 0 Å². The van der Waals surface area contributed by atoms with Crippen molar-refractivity contribution in [3.05, 3.63) is 82.3 Å². The fourth-order valence-corrected chi connectivity index (χ4v) is 4.35. The molecular formula is C27H29F3N4O2. The Morgan fingerprint density at radius 3 is 2.69 bits per heavy atom. The Balaban J connectivity index is 1.53. The summed E-state index contributed by atoms with van der Waals surface area (Å²) in [6.07, 6.45) is -2.07. The predicted molar refractivity (Wildman–Crippen MR) is 132 cm³/mol. The summed E-state index contributed by atoms with van der Waals surface area (Å²) >= 11 is 0. The third kappa shape index (κ3) is 5.67. The number of alkyl halides is 3. The van der Waals surface area contributed by atoms with Crippen molar-refractivity contribution in [1.29, 1.82) is 0 Å². The van der Waals surface area contributed by atoms with Gasteiger partial charge in [0.2, 0.25) is 0 Å². The van der Waals surface area contributed by atoms with E-state index in [4.69, 9.17) is 4.98 Å². The standard InChI is InChI=1S/C27H29F3N4O2/c1-17(15-35)9-25-31-13-21-14-34(16-33(3)26(21)32-25)23-10-19(8-7-18(23)2)11-24(36)20-5-4-6-22(12-20)27(28,29)30/h4-8,10,12-13,17,35H,9,11,14-16H2,1-3H3/t17-/m0/s1. The van der Waals surface area contributed by atoms with E-state index in [-0.39, 0.29) is 30.3 Å². The number of fused-ring (bicyclic) bond motifs is 1. The number of nitrogens with zero attached hydrogens (tertiary/aromatic N) is 4. The molecule has 190 valence electrons. The molecule has 4 rings (SSSR count). The van der Waals surface area contributed by atoms with Crippen molar-refractivity contribution in [2.24, 2.45) is 5.92 Å². The van der Waals surface area contributed by atoms with E-state index >= 15 is 0 Å². The number of ketones is 1. The van der Waals surface area contributed by atoms with Crippen LogP contribution in [0, 0.1) is 12.8 Å². The molecule has 3 aromatic rings. The van der Waals surface area contributed by atoms with Crippen molar-refractivity contribution in [2.75, 3.05) is 30.1 Å². The maximum Gasteiger partial charge on any atom is 0.416 e. The maximum atomic E-state index is 13.1. The highest BCUT2D eigenvalue weighted by Gasteiger charge is 2.31. The third-order valence-electron chi connectivity index (χ3n) is 6.33. The van der Waals surface area contributed by atoms with Gasteiger partial charge in [-0.2, -0.15) is 13.2 Å². The third-order valence-corrected chi connectivity index (χ3v) is 6.33. The molecule has 0 saturated heterocycles. The van der Waals surface area contributed by atoms with Crippen LogP contribution in [-0.2, 0) is 25.6 Å². The summed E-state index contributed by atoms with van der Waals surface area (Å²) in [6.45, 7) is 5.17. The molecule has 9 heteroatoms. The normalized spacial score (nSPS) is 14.5. The Labute approximate surface area is 208 Å². The van der Waals surface area contributed by atoms with Crippen LogP contribution in [0.25, 0.3) is 0 Å². The van der Waals surface area contributed by atoms with Crippen LogP contribution >= 0.6 is 0 Å². The molecule has 2 heterocycles. The van der Waals surface area contributed by atoms with Crippen molar-refractivity contribution in [1.82, 2.24) is 9.97 Å². The van der Waals surface area contributed by atoms with E-state index in [1.165, 1.54) is 12.1 Å². The van der Waals surface area contributed by atoms with E-state index in [1.807, 2.05) is 50.2 Å². The quantitative estimate of drug-likeness (QED) is 0.472. The number of carbonyl (C=O) groups excluding carboxylic acids is 1. The molecule has 1 aliphatic heterocycles. The molecule has 2 aromatic carbocycles. The van der Waals surface area contributed by atoms with Crippen molar-refractivity contribution < 1.29 is 23.1 Å². The lowest BCUT2D eigenvalue weighted by molar-refractivity contribution is -0.137. The minimum absolute atomic E-state index is 0.00433. The molecule has 0 amide bonds. The van der Waals surface area contributed by atoms with E-state index in [2.05, 4.69) is 9.88 Å². The number of aliphatic hydroxyl groups is 1. The molecule has 36 heavy (non-hydrogen) atoms. The molecule has 1 aromatic heterocycles. The van der Waals surface area contributed by atoms with Gasteiger partial charge in [0.05, 0.1) is 12.2 Å². The Bertz CT molecular complexity index is 1260. The summed E-state index contributed by atoms with van der Waals surface area (Å²) in [5.74, 6) is 1.27. The van der Waals surface area contributed by atoms with Crippen molar-refractivity contribution in [3.8, 4) is 0 Å². The minimum Gasteiger partial charge on any atom is -0.396 e. The maximum absolute atomic E-state index is 13.1. The summed E-state index contributed by atoms with van der Waals surface area (Å²) in [5, 5.41) is 9.32. The van der Waals surface area contributed by atoms with Crippen LogP contribution in [0.15, 0.2) is 48.7 Å². The number of rotatable bonds is 7. The average molecular weight is 499 g/mol. The van der Waals surface area contributed by atoms with Crippen molar-refractivity contribution in [3.63, 3.8) is 0 Å². The topological polar surface area (TPSA) is 69.6 Å². The van der Waals surface area contributed by atoms with E-state index in [0.717, 1.165) is 40.3 Å². The highest BCUT2D eigenvalue weighted by Crippen LogP contribution is 2.32. The highest BCUT2D eigenvalue weighted by atomic mass is 19.4. The molecular weight excluding hydrogens is 469 g/mol. The number of aromatic nitrogens is 2. The van der Waals surface area contributed by atoms with Crippen LogP contribution < -0.4 is 9.80 Å². The minimum atomic E-state index is -4.49. The fraction of sp³-hybridized carbons (Fsp3) is 0.370. The number of aliphatic hydroxyl groups excluding tert-OH is 1. The van der Waals surface area contributed by atoms with Gasteiger partial charge in [-0.05, 0) is 42.2 Å². The van der Waals surface area contributed by atoms with Gasteiger partial charge in [-0.1, -0.05) is 31.2 Å². The first kappa shape index (κ1) is 25.6. The number of aryl methyl sites for hydroxylation is 1. The summed E-state index contributed by atoms with van der Waals surface area (Å²) < 4.78 is 39.2. The number of halogens is 3.